The molecule has 0 aliphatic heterocycles. The normalized spacial score (nSPS) is 10.4. The first-order valence-corrected chi connectivity index (χ1v) is 5.06. The highest BCUT2D eigenvalue weighted by Crippen LogP contribution is 2.12. The minimum absolute atomic E-state index is 0.130. The number of carbonyl (C=O) groups is 1. The summed E-state index contributed by atoms with van der Waals surface area (Å²) in [5, 5.41) is 0.130. The molecule has 1 aromatic carbocycles. The fourth-order valence-corrected chi connectivity index (χ4v) is 1.60. The van der Waals surface area contributed by atoms with Crippen molar-refractivity contribution >= 4 is 16.9 Å². The lowest BCUT2D eigenvalue weighted by molar-refractivity contribution is 0.0528. The summed E-state index contributed by atoms with van der Waals surface area (Å²) < 4.78 is 4.84. The van der Waals surface area contributed by atoms with Gasteiger partial charge < -0.3 is 9.72 Å². The van der Waals surface area contributed by atoms with Gasteiger partial charge in [0.05, 0.1) is 23.1 Å². The number of nitrogens with one attached hydrogen (secondary N) is 2. The maximum atomic E-state index is 11.6. The molecule has 0 aliphatic rings. The van der Waals surface area contributed by atoms with Crippen molar-refractivity contribution in [2.45, 2.75) is 6.92 Å². The van der Waals surface area contributed by atoms with Crippen LogP contribution in [0.3, 0.4) is 0 Å². The number of carbonyl (C=O) groups excluding carboxylic acids is 1. The van der Waals surface area contributed by atoms with Gasteiger partial charge in [-0.05, 0) is 19.1 Å². The van der Waals surface area contributed by atoms with Gasteiger partial charge in [0.15, 0.2) is 0 Å². The van der Waals surface area contributed by atoms with Crippen LogP contribution in [0, 0.1) is 0 Å². The van der Waals surface area contributed by atoms with E-state index in [1.54, 1.807) is 19.1 Å². The minimum atomic E-state index is -0.608. The number of H-pyrrole nitrogens is 2. The molecule has 2 N–H and O–H groups in total. The van der Waals surface area contributed by atoms with Crippen LogP contribution in [0.25, 0.3) is 10.9 Å². The second-order valence-corrected chi connectivity index (χ2v) is 3.36. The largest absolute Gasteiger partial charge is 0.462 e. The number of fused-ring (bicyclic) bond motifs is 1. The van der Waals surface area contributed by atoms with Gasteiger partial charge in [-0.3, -0.25) is 9.78 Å². The van der Waals surface area contributed by atoms with E-state index in [1.165, 1.54) is 6.07 Å². The summed E-state index contributed by atoms with van der Waals surface area (Å²) in [6, 6.07) is 4.60. The molecule has 1 heterocycles. The monoisotopic (exact) mass is 234 g/mol. The highest BCUT2D eigenvalue weighted by atomic mass is 16.5. The smallest absolute Gasteiger partial charge is 0.339 e. The third-order valence-electron chi connectivity index (χ3n) is 2.26. The average molecular weight is 234 g/mol. The first-order valence-electron chi connectivity index (χ1n) is 5.06. The standard InChI is InChI=1S/C11H10N2O4/c1-2-17-10(15)6-4-3-5-7-8(6)9(14)13-11(16)12-7/h3-5H,2H2,1H3,(H2,12,13,14,16). The molecule has 6 nitrogen and oxygen atoms in total. The Labute approximate surface area is 95.2 Å². The summed E-state index contributed by atoms with van der Waals surface area (Å²) in [6.45, 7) is 1.89. The second kappa shape index (κ2) is 4.25. The van der Waals surface area contributed by atoms with Crippen LogP contribution in [0.4, 0.5) is 0 Å². The number of aromatic nitrogens is 2. The van der Waals surface area contributed by atoms with Crippen LogP contribution in [-0.2, 0) is 4.74 Å². The second-order valence-electron chi connectivity index (χ2n) is 3.36. The maximum absolute atomic E-state index is 11.6. The number of benzene rings is 1. The van der Waals surface area contributed by atoms with Gasteiger partial charge in [0, 0.05) is 0 Å². The van der Waals surface area contributed by atoms with Crippen LogP contribution >= 0.6 is 0 Å². The Morgan fingerprint density at radius 1 is 1.29 bits per heavy atom. The minimum Gasteiger partial charge on any atom is -0.462 e. The summed E-state index contributed by atoms with van der Waals surface area (Å²) in [4.78, 5) is 38.9. The molecule has 88 valence electrons. The quantitative estimate of drug-likeness (QED) is 0.735. The fraction of sp³-hybridized carbons (Fsp3) is 0.182. The first kappa shape index (κ1) is 11.1. The highest BCUT2D eigenvalue weighted by molar-refractivity contribution is 6.02. The topological polar surface area (TPSA) is 92.0 Å². The molecule has 0 saturated carbocycles. The van der Waals surface area contributed by atoms with Gasteiger partial charge in [-0.25, -0.2) is 9.59 Å². The van der Waals surface area contributed by atoms with Crippen molar-refractivity contribution in [2.75, 3.05) is 6.61 Å². The summed E-state index contributed by atoms with van der Waals surface area (Å²) in [6.07, 6.45) is 0. The zero-order chi connectivity index (χ0) is 12.4. The van der Waals surface area contributed by atoms with Crippen molar-refractivity contribution < 1.29 is 9.53 Å². The average Bonchev–Trinajstić information content (AvgIpc) is 2.28. The molecule has 6 heteroatoms. The molecule has 2 aromatic rings. The maximum Gasteiger partial charge on any atom is 0.339 e. The van der Waals surface area contributed by atoms with Crippen LogP contribution in [0.5, 0.6) is 0 Å². The Hall–Kier alpha value is -2.37. The van der Waals surface area contributed by atoms with Crippen molar-refractivity contribution in [1.82, 2.24) is 9.97 Å². The van der Waals surface area contributed by atoms with Crippen molar-refractivity contribution in [3.8, 4) is 0 Å². The number of hydrogen-bond acceptors (Lipinski definition) is 4. The Morgan fingerprint density at radius 3 is 2.76 bits per heavy atom. The Morgan fingerprint density at radius 2 is 2.06 bits per heavy atom. The lowest BCUT2D eigenvalue weighted by atomic mass is 10.1. The molecule has 0 aliphatic carbocycles. The molecule has 2 rings (SSSR count). The van der Waals surface area contributed by atoms with Crippen LogP contribution in [0.15, 0.2) is 27.8 Å². The number of hydrogen-bond donors (Lipinski definition) is 2. The molecule has 0 bridgehead atoms. The van der Waals surface area contributed by atoms with Crippen LogP contribution in [-0.4, -0.2) is 22.5 Å². The zero-order valence-electron chi connectivity index (χ0n) is 9.07. The summed E-state index contributed by atoms with van der Waals surface area (Å²) in [5.74, 6) is -0.587. The third kappa shape index (κ3) is 1.96. The molecule has 0 fully saturated rings. The van der Waals surface area contributed by atoms with E-state index < -0.39 is 17.2 Å². The van der Waals surface area contributed by atoms with E-state index in [0.717, 1.165) is 0 Å². The van der Waals surface area contributed by atoms with E-state index in [9.17, 15) is 14.4 Å². The molecule has 0 amide bonds. The predicted molar refractivity (Wildman–Crippen MR) is 61.1 cm³/mol. The third-order valence-corrected chi connectivity index (χ3v) is 2.26. The van der Waals surface area contributed by atoms with Gasteiger partial charge >= 0.3 is 11.7 Å². The molecular formula is C11H10N2O4. The highest BCUT2D eigenvalue weighted by Gasteiger charge is 2.13. The Kier molecular flexibility index (Phi) is 2.78. The lowest BCUT2D eigenvalue weighted by Gasteiger charge is -2.04. The Balaban J connectivity index is 2.78. The van der Waals surface area contributed by atoms with E-state index in [1.807, 2.05) is 0 Å². The van der Waals surface area contributed by atoms with Crippen LogP contribution in [0.2, 0.25) is 0 Å². The lowest BCUT2D eigenvalue weighted by Crippen LogP contribution is -2.23. The van der Waals surface area contributed by atoms with Gasteiger partial charge in [-0.15, -0.1) is 0 Å². The number of esters is 1. The van der Waals surface area contributed by atoms with Gasteiger partial charge in [0.2, 0.25) is 0 Å². The molecule has 0 atom stereocenters. The molecular weight excluding hydrogens is 224 g/mol. The van der Waals surface area contributed by atoms with Crippen molar-refractivity contribution in [2.24, 2.45) is 0 Å². The predicted octanol–water partition coefficient (Wildman–Crippen LogP) is 0.393. The SMILES string of the molecule is CCOC(=O)c1cccc2[nH]c(=O)[nH]c(=O)c12. The summed E-state index contributed by atoms with van der Waals surface area (Å²) in [5.41, 5.74) is -0.762. The molecule has 1 aromatic heterocycles. The number of aromatic amines is 2. The van der Waals surface area contributed by atoms with E-state index in [0.29, 0.717) is 5.52 Å². The zero-order valence-corrected chi connectivity index (χ0v) is 9.07. The van der Waals surface area contributed by atoms with E-state index in [-0.39, 0.29) is 17.6 Å². The van der Waals surface area contributed by atoms with Crippen molar-refractivity contribution in [3.05, 3.63) is 44.6 Å². The first-order chi connectivity index (χ1) is 8.13. The number of rotatable bonds is 2. The Bertz CT molecular complexity index is 684. The summed E-state index contributed by atoms with van der Waals surface area (Å²) >= 11 is 0. The molecule has 0 radical (unpaired) electrons. The van der Waals surface area contributed by atoms with Gasteiger partial charge in [-0.2, -0.15) is 0 Å². The van der Waals surface area contributed by atoms with Gasteiger partial charge in [-0.1, -0.05) is 6.07 Å². The van der Waals surface area contributed by atoms with E-state index >= 15 is 0 Å². The summed E-state index contributed by atoms with van der Waals surface area (Å²) in [7, 11) is 0. The molecule has 0 saturated heterocycles. The van der Waals surface area contributed by atoms with Crippen LogP contribution in [0.1, 0.15) is 17.3 Å². The van der Waals surface area contributed by atoms with Crippen molar-refractivity contribution in [3.63, 3.8) is 0 Å². The van der Waals surface area contributed by atoms with Gasteiger partial charge in [0.1, 0.15) is 0 Å². The van der Waals surface area contributed by atoms with E-state index in [2.05, 4.69) is 9.97 Å². The molecule has 0 spiro atoms. The molecule has 0 unspecified atom stereocenters. The number of ether oxygens (including phenoxy) is 1. The van der Waals surface area contributed by atoms with Gasteiger partial charge in [0.25, 0.3) is 5.56 Å². The van der Waals surface area contributed by atoms with E-state index in [4.69, 9.17) is 4.74 Å². The fourth-order valence-electron chi connectivity index (χ4n) is 1.60. The van der Waals surface area contributed by atoms with Crippen LogP contribution < -0.4 is 11.2 Å². The molecule has 17 heavy (non-hydrogen) atoms. The van der Waals surface area contributed by atoms with Crippen molar-refractivity contribution in [1.29, 1.82) is 0 Å².